The molecule has 0 spiro atoms. The fraction of sp³-hybridized carbons (Fsp3) is 0.133. The van der Waals surface area contributed by atoms with Crippen LogP contribution >= 0.6 is 27.3 Å². The van der Waals surface area contributed by atoms with Gasteiger partial charge in [-0.3, -0.25) is 4.98 Å². The summed E-state index contributed by atoms with van der Waals surface area (Å²) in [4.78, 5) is 5.67. The highest BCUT2D eigenvalue weighted by molar-refractivity contribution is 9.11. The number of aromatic nitrogens is 1. The highest BCUT2D eigenvalue weighted by atomic mass is 79.9. The van der Waals surface area contributed by atoms with Crippen LogP contribution in [-0.4, -0.2) is 4.98 Å². The Morgan fingerprint density at radius 3 is 2.74 bits per heavy atom. The van der Waals surface area contributed by atoms with E-state index in [1.807, 2.05) is 25.1 Å². The molecule has 2 N–H and O–H groups in total. The molecule has 2 heterocycles. The van der Waals surface area contributed by atoms with Crippen LogP contribution in [0.2, 0.25) is 0 Å². The molecule has 1 aromatic carbocycles. The van der Waals surface area contributed by atoms with E-state index < -0.39 is 0 Å². The van der Waals surface area contributed by atoms with Crippen molar-refractivity contribution in [3.05, 3.63) is 62.4 Å². The molecule has 0 fully saturated rings. The van der Waals surface area contributed by atoms with Gasteiger partial charge in [0, 0.05) is 16.0 Å². The molecule has 0 bridgehead atoms. The predicted molar refractivity (Wildman–Crippen MR) is 84.5 cm³/mol. The Kier molecular flexibility index (Phi) is 3.39. The molecule has 0 amide bonds. The third-order valence-electron chi connectivity index (χ3n) is 3.11. The second kappa shape index (κ2) is 5.04. The van der Waals surface area contributed by atoms with Crippen molar-refractivity contribution in [2.45, 2.75) is 13.0 Å². The molecule has 4 heteroatoms. The van der Waals surface area contributed by atoms with Crippen molar-refractivity contribution in [1.29, 1.82) is 0 Å². The Hall–Kier alpha value is -1.23. The lowest BCUT2D eigenvalue weighted by Crippen LogP contribution is -2.09. The smallest absolute Gasteiger partial charge is 0.0705 e. The number of benzene rings is 1. The van der Waals surface area contributed by atoms with Gasteiger partial charge < -0.3 is 5.73 Å². The van der Waals surface area contributed by atoms with Gasteiger partial charge in [-0.1, -0.05) is 12.1 Å². The molecule has 1 unspecified atom stereocenters. The minimum Gasteiger partial charge on any atom is -0.320 e. The molecule has 0 aliphatic carbocycles. The van der Waals surface area contributed by atoms with Gasteiger partial charge in [-0.25, -0.2) is 0 Å². The molecule has 2 nitrogen and oxygen atoms in total. The maximum absolute atomic E-state index is 6.32. The number of halogens is 1. The highest BCUT2D eigenvalue weighted by Crippen LogP contribution is 2.30. The lowest BCUT2D eigenvalue weighted by Gasteiger charge is -2.11. The van der Waals surface area contributed by atoms with Crippen molar-refractivity contribution in [1.82, 2.24) is 4.98 Å². The predicted octanol–water partition coefficient (Wildman–Crippen LogP) is 4.42. The first-order valence-corrected chi connectivity index (χ1v) is 7.62. The molecule has 0 aliphatic rings. The summed E-state index contributed by atoms with van der Waals surface area (Å²) in [5, 5.41) is 1.13. The van der Waals surface area contributed by atoms with Crippen LogP contribution in [0.4, 0.5) is 0 Å². The van der Waals surface area contributed by atoms with E-state index in [1.165, 1.54) is 0 Å². The van der Waals surface area contributed by atoms with Crippen LogP contribution in [0.15, 0.2) is 46.3 Å². The van der Waals surface area contributed by atoms with E-state index in [1.54, 1.807) is 11.3 Å². The monoisotopic (exact) mass is 332 g/mol. The fourth-order valence-corrected chi connectivity index (χ4v) is 3.55. The topological polar surface area (TPSA) is 38.9 Å². The lowest BCUT2D eigenvalue weighted by molar-refractivity contribution is 0.895. The summed E-state index contributed by atoms with van der Waals surface area (Å²) in [6, 6.07) is 14.4. The fourth-order valence-electron chi connectivity index (χ4n) is 2.10. The molecule has 0 radical (unpaired) electrons. The molecular formula is C15H13BrN2S. The van der Waals surface area contributed by atoms with E-state index in [4.69, 9.17) is 5.73 Å². The van der Waals surface area contributed by atoms with Gasteiger partial charge in [-0.05, 0) is 58.7 Å². The molecular weight excluding hydrogens is 320 g/mol. The van der Waals surface area contributed by atoms with Crippen molar-refractivity contribution in [3.63, 3.8) is 0 Å². The summed E-state index contributed by atoms with van der Waals surface area (Å²) >= 11 is 5.15. The first-order valence-electron chi connectivity index (χ1n) is 6.01. The van der Waals surface area contributed by atoms with Gasteiger partial charge in [0.1, 0.15) is 0 Å². The van der Waals surface area contributed by atoms with Crippen LogP contribution in [0.25, 0.3) is 10.9 Å². The van der Waals surface area contributed by atoms with E-state index >= 15 is 0 Å². The van der Waals surface area contributed by atoms with Crippen molar-refractivity contribution >= 4 is 38.2 Å². The van der Waals surface area contributed by atoms with Crippen LogP contribution < -0.4 is 5.73 Å². The number of thiophene rings is 1. The van der Waals surface area contributed by atoms with Crippen molar-refractivity contribution in [2.75, 3.05) is 0 Å². The van der Waals surface area contributed by atoms with Crippen LogP contribution in [0.1, 0.15) is 22.2 Å². The normalized spacial score (nSPS) is 12.8. The number of aryl methyl sites for hydroxylation is 1. The summed E-state index contributed by atoms with van der Waals surface area (Å²) in [6.07, 6.45) is 0. The van der Waals surface area contributed by atoms with Crippen LogP contribution in [0.5, 0.6) is 0 Å². The largest absolute Gasteiger partial charge is 0.320 e. The first-order chi connectivity index (χ1) is 9.13. The van der Waals surface area contributed by atoms with Crippen LogP contribution in [0, 0.1) is 6.92 Å². The maximum atomic E-state index is 6.32. The van der Waals surface area contributed by atoms with E-state index in [0.717, 1.165) is 30.8 Å². The molecule has 2 aromatic heterocycles. The maximum Gasteiger partial charge on any atom is 0.0705 e. The number of hydrogen-bond donors (Lipinski definition) is 1. The zero-order chi connectivity index (χ0) is 13.4. The summed E-state index contributed by atoms with van der Waals surface area (Å²) in [5.74, 6) is 0. The van der Waals surface area contributed by atoms with Crippen molar-refractivity contribution in [2.24, 2.45) is 5.73 Å². The number of pyridine rings is 1. The minimum atomic E-state index is -0.0815. The Labute approximate surface area is 124 Å². The van der Waals surface area contributed by atoms with Gasteiger partial charge >= 0.3 is 0 Å². The average molecular weight is 333 g/mol. The van der Waals surface area contributed by atoms with E-state index in [0.29, 0.717) is 0 Å². The molecule has 0 saturated carbocycles. The molecule has 3 aromatic rings. The second-order valence-electron chi connectivity index (χ2n) is 4.52. The molecule has 0 aliphatic heterocycles. The summed E-state index contributed by atoms with van der Waals surface area (Å²) in [7, 11) is 0. The Bertz CT molecular complexity index is 736. The van der Waals surface area contributed by atoms with Crippen molar-refractivity contribution in [3.8, 4) is 0 Å². The Morgan fingerprint density at radius 1 is 1.16 bits per heavy atom. The summed E-state index contributed by atoms with van der Waals surface area (Å²) in [5.41, 5.74) is 9.49. The SMILES string of the molecule is Cc1ccc2cc(C(N)c3ccc(Br)s3)ccc2n1. The third kappa shape index (κ3) is 2.56. The number of fused-ring (bicyclic) bond motifs is 1. The zero-order valence-corrected chi connectivity index (χ0v) is 12.8. The summed E-state index contributed by atoms with van der Waals surface area (Å²) < 4.78 is 1.11. The molecule has 96 valence electrons. The van der Waals surface area contributed by atoms with Gasteiger partial charge in [0.05, 0.1) is 15.3 Å². The quantitative estimate of drug-likeness (QED) is 0.754. The number of rotatable bonds is 2. The Balaban J connectivity index is 2.03. The highest BCUT2D eigenvalue weighted by Gasteiger charge is 2.11. The molecule has 0 saturated heterocycles. The summed E-state index contributed by atoms with van der Waals surface area (Å²) in [6.45, 7) is 2.00. The lowest BCUT2D eigenvalue weighted by atomic mass is 10.0. The van der Waals surface area contributed by atoms with E-state index in [2.05, 4.69) is 45.2 Å². The zero-order valence-electron chi connectivity index (χ0n) is 10.4. The van der Waals surface area contributed by atoms with Gasteiger partial charge in [0.25, 0.3) is 0 Å². The van der Waals surface area contributed by atoms with Gasteiger partial charge in [0.15, 0.2) is 0 Å². The van der Waals surface area contributed by atoms with Crippen LogP contribution in [-0.2, 0) is 0 Å². The first kappa shape index (κ1) is 12.8. The van der Waals surface area contributed by atoms with Gasteiger partial charge in [-0.15, -0.1) is 11.3 Å². The van der Waals surface area contributed by atoms with E-state index in [-0.39, 0.29) is 6.04 Å². The van der Waals surface area contributed by atoms with Gasteiger partial charge in [-0.2, -0.15) is 0 Å². The molecule has 1 atom stereocenters. The molecule has 3 rings (SSSR count). The van der Waals surface area contributed by atoms with Gasteiger partial charge in [0.2, 0.25) is 0 Å². The average Bonchev–Trinajstić information content (AvgIpc) is 2.84. The number of nitrogens with zero attached hydrogens (tertiary/aromatic N) is 1. The van der Waals surface area contributed by atoms with Crippen LogP contribution in [0.3, 0.4) is 0 Å². The number of nitrogens with two attached hydrogens (primary N) is 1. The Morgan fingerprint density at radius 2 is 2.00 bits per heavy atom. The second-order valence-corrected chi connectivity index (χ2v) is 7.02. The van der Waals surface area contributed by atoms with Crippen molar-refractivity contribution < 1.29 is 0 Å². The minimum absolute atomic E-state index is 0.0815. The molecule has 19 heavy (non-hydrogen) atoms. The standard InChI is InChI=1S/C15H13BrN2S/c1-9-2-3-10-8-11(4-5-12(10)18-9)15(17)13-6-7-14(16)19-13/h2-8,15H,17H2,1H3. The number of hydrogen-bond acceptors (Lipinski definition) is 3. The van der Waals surface area contributed by atoms with E-state index in [9.17, 15) is 0 Å². The third-order valence-corrected chi connectivity index (χ3v) is 4.82.